The first kappa shape index (κ1) is 42.6. The van der Waals surface area contributed by atoms with Crippen LogP contribution in [0.1, 0.15) is 76.1 Å². The highest BCUT2D eigenvalue weighted by Crippen LogP contribution is 2.38. The quantitative estimate of drug-likeness (QED) is 0.0674. The molecule has 11 nitrogen and oxygen atoms in total. The molecule has 5 aromatic rings. The molecule has 5 aromatic carbocycles. The second-order valence-electron chi connectivity index (χ2n) is 14.1. The molecule has 0 bridgehead atoms. The van der Waals surface area contributed by atoms with Crippen LogP contribution in [0, 0.1) is 0 Å². The highest BCUT2D eigenvalue weighted by Gasteiger charge is 2.53. The normalized spacial score (nSPS) is 14.1. The summed E-state index contributed by atoms with van der Waals surface area (Å²) in [7, 11) is 0. The SMILES string of the molecule is CCC(C)OC(=O)C(C(=O)O)(c1ccccc1)c1ccccc1COC(=O)Oc1ccc(NC(=O)c2ccccc2-c2ccc(C(F)(F)F)cc2)c(C(=O)N2CCCC2)c1. The standard InChI is InChI=1S/C46H41F3N2O9/c1-3-29(2)59-43(56)45(42(54)55,32-14-5-4-6-15-32)38-18-10-7-13-31(38)28-58-44(57)60-34-23-24-39(37(27-34)41(53)51-25-11-12-26-51)50-40(52)36-17-9-8-16-35(36)30-19-21-33(22-20-30)46(47,48)49/h4-10,13-24,27,29H,3,11-12,25-26,28H2,1-2H3,(H,50,52)(H,54,55). The number of esters is 1. The van der Waals surface area contributed by atoms with Gasteiger partial charge in [-0.05, 0) is 90.4 Å². The first-order chi connectivity index (χ1) is 28.7. The van der Waals surface area contributed by atoms with Crippen molar-refractivity contribution in [1.29, 1.82) is 0 Å². The number of nitrogens with one attached hydrogen (secondary N) is 1. The minimum atomic E-state index is -4.53. The summed E-state index contributed by atoms with van der Waals surface area (Å²) in [5.41, 5.74) is -1.88. The van der Waals surface area contributed by atoms with E-state index in [0.717, 1.165) is 25.0 Å². The highest BCUT2D eigenvalue weighted by atomic mass is 19.4. The molecule has 60 heavy (non-hydrogen) atoms. The Kier molecular flexibility index (Phi) is 13.0. The van der Waals surface area contributed by atoms with Gasteiger partial charge in [0, 0.05) is 18.7 Å². The topological polar surface area (TPSA) is 149 Å². The van der Waals surface area contributed by atoms with Gasteiger partial charge in [-0.1, -0.05) is 91.9 Å². The van der Waals surface area contributed by atoms with Gasteiger partial charge in [-0.2, -0.15) is 13.2 Å². The lowest BCUT2D eigenvalue weighted by atomic mass is 9.72. The molecule has 1 heterocycles. The van der Waals surface area contributed by atoms with Crippen molar-refractivity contribution < 1.29 is 56.5 Å². The zero-order chi connectivity index (χ0) is 43.0. The van der Waals surface area contributed by atoms with E-state index >= 15 is 0 Å². The number of carboxylic acid groups (broad SMARTS) is 1. The van der Waals surface area contributed by atoms with Gasteiger partial charge in [-0.3, -0.25) is 19.2 Å². The molecule has 310 valence electrons. The maximum atomic E-state index is 13.9. The van der Waals surface area contributed by atoms with E-state index in [0.29, 0.717) is 30.6 Å². The minimum absolute atomic E-state index is 0.00169. The van der Waals surface area contributed by atoms with Crippen LogP contribution in [0.5, 0.6) is 5.75 Å². The molecule has 6 rings (SSSR count). The molecule has 14 heteroatoms. The largest absolute Gasteiger partial charge is 0.514 e. The zero-order valence-electron chi connectivity index (χ0n) is 32.7. The van der Waals surface area contributed by atoms with Gasteiger partial charge < -0.3 is 29.5 Å². The number of carbonyl (C=O) groups is 5. The zero-order valence-corrected chi connectivity index (χ0v) is 32.7. The van der Waals surface area contributed by atoms with E-state index < -0.39 is 59.8 Å². The van der Waals surface area contributed by atoms with Crippen LogP contribution in [0.15, 0.2) is 121 Å². The average molecular weight is 823 g/mol. The van der Waals surface area contributed by atoms with E-state index in [1.54, 1.807) is 67.3 Å². The maximum Gasteiger partial charge on any atom is 0.514 e. The van der Waals surface area contributed by atoms with Gasteiger partial charge in [-0.25, -0.2) is 4.79 Å². The lowest BCUT2D eigenvalue weighted by molar-refractivity contribution is -0.162. The molecule has 0 saturated carbocycles. The van der Waals surface area contributed by atoms with E-state index in [4.69, 9.17) is 14.2 Å². The summed E-state index contributed by atoms with van der Waals surface area (Å²) < 4.78 is 56.3. The third-order valence-electron chi connectivity index (χ3n) is 10.2. The summed E-state index contributed by atoms with van der Waals surface area (Å²) in [4.78, 5) is 69.5. The maximum absolute atomic E-state index is 13.9. The number of hydrogen-bond acceptors (Lipinski definition) is 8. The van der Waals surface area contributed by atoms with Crippen molar-refractivity contribution in [2.45, 2.75) is 57.4 Å². The molecule has 1 fully saturated rings. The number of amides is 2. The monoisotopic (exact) mass is 822 g/mol. The van der Waals surface area contributed by atoms with Crippen LogP contribution in [-0.2, 0) is 37.3 Å². The van der Waals surface area contributed by atoms with Crippen molar-refractivity contribution in [1.82, 2.24) is 4.90 Å². The Morgan fingerprint density at radius 3 is 2.10 bits per heavy atom. The fourth-order valence-electron chi connectivity index (χ4n) is 6.95. The Balaban J connectivity index is 1.25. The van der Waals surface area contributed by atoms with Gasteiger partial charge >= 0.3 is 24.3 Å². The third-order valence-corrected chi connectivity index (χ3v) is 10.2. The van der Waals surface area contributed by atoms with Gasteiger partial charge in [0.25, 0.3) is 11.8 Å². The smallest absolute Gasteiger partial charge is 0.480 e. The van der Waals surface area contributed by atoms with Gasteiger partial charge in [-0.15, -0.1) is 0 Å². The number of aliphatic carboxylic acids is 1. The molecule has 2 atom stereocenters. The number of ether oxygens (including phenoxy) is 3. The van der Waals surface area contributed by atoms with Crippen molar-refractivity contribution in [3.8, 4) is 16.9 Å². The molecule has 2 amide bonds. The average Bonchev–Trinajstić information content (AvgIpc) is 3.79. The molecule has 2 N–H and O–H groups in total. The number of rotatable bonds is 13. The van der Waals surface area contributed by atoms with E-state index in [2.05, 4.69) is 5.32 Å². The van der Waals surface area contributed by atoms with Crippen LogP contribution in [0.4, 0.5) is 23.7 Å². The summed E-state index contributed by atoms with van der Waals surface area (Å²) in [5.74, 6) is -3.71. The van der Waals surface area contributed by atoms with Crippen molar-refractivity contribution in [2.75, 3.05) is 18.4 Å². The minimum Gasteiger partial charge on any atom is -0.480 e. The number of carbonyl (C=O) groups excluding carboxylic acids is 4. The van der Waals surface area contributed by atoms with E-state index in [9.17, 15) is 42.3 Å². The first-order valence-electron chi connectivity index (χ1n) is 19.2. The van der Waals surface area contributed by atoms with E-state index in [1.165, 1.54) is 60.7 Å². The van der Waals surface area contributed by atoms with E-state index in [1.807, 2.05) is 0 Å². The second-order valence-corrected chi connectivity index (χ2v) is 14.1. The molecular formula is C46H41F3N2O9. The van der Waals surface area contributed by atoms with E-state index in [-0.39, 0.29) is 39.3 Å². The Hall–Kier alpha value is -6.96. The Labute approximate surface area is 343 Å². The highest BCUT2D eigenvalue weighted by molar-refractivity contribution is 6.12. The second kappa shape index (κ2) is 18.3. The number of alkyl halides is 3. The number of carboxylic acids is 1. The number of hydrogen-bond donors (Lipinski definition) is 2. The molecule has 1 saturated heterocycles. The molecule has 1 aliphatic heterocycles. The van der Waals surface area contributed by atoms with Crippen LogP contribution < -0.4 is 10.1 Å². The van der Waals surface area contributed by atoms with Crippen LogP contribution in [0.25, 0.3) is 11.1 Å². The van der Waals surface area contributed by atoms with Gasteiger partial charge in [0.2, 0.25) is 5.41 Å². The predicted octanol–water partition coefficient (Wildman–Crippen LogP) is 9.29. The summed E-state index contributed by atoms with van der Waals surface area (Å²) in [5, 5.41) is 13.5. The fraction of sp³-hybridized carbons (Fsp3) is 0.239. The molecule has 1 aliphatic rings. The fourth-order valence-corrected chi connectivity index (χ4v) is 6.95. The van der Waals surface area contributed by atoms with Gasteiger partial charge in [0.05, 0.1) is 22.9 Å². The lowest BCUT2D eigenvalue weighted by Crippen LogP contribution is -2.47. The van der Waals surface area contributed by atoms with Gasteiger partial charge in [0.1, 0.15) is 12.4 Å². The molecule has 0 radical (unpaired) electrons. The molecule has 2 unspecified atom stereocenters. The van der Waals surface area contributed by atoms with Crippen molar-refractivity contribution in [2.24, 2.45) is 0 Å². The molecule has 0 spiro atoms. The number of likely N-dealkylation sites (tertiary alicyclic amines) is 1. The molecule has 0 aliphatic carbocycles. The number of anilines is 1. The number of benzene rings is 5. The summed E-state index contributed by atoms with van der Waals surface area (Å²) in [6.07, 6.45) is -4.38. The van der Waals surface area contributed by atoms with Crippen LogP contribution in [-0.4, -0.2) is 59.1 Å². The Bertz CT molecular complexity index is 2380. The number of nitrogens with zero attached hydrogens (tertiary/aromatic N) is 1. The Morgan fingerprint density at radius 1 is 0.783 bits per heavy atom. The van der Waals surface area contributed by atoms with Crippen LogP contribution >= 0.6 is 0 Å². The number of halogens is 3. The lowest BCUT2D eigenvalue weighted by Gasteiger charge is -2.31. The van der Waals surface area contributed by atoms with Crippen molar-refractivity contribution in [3.63, 3.8) is 0 Å². The summed E-state index contributed by atoms with van der Waals surface area (Å²) >= 11 is 0. The molecular weight excluding hydrogens is 782 g/mol. The Morgan fingerprint density at radius 2 is 1.43 bits per heavy atom. The molecule has 0 aromatic heterocycles. The van der Waals surface area contributed by atoms with Crippen molar-refractivity contribution in [3.05, 3.63) is 155 Å². The van der Waals surface area contributed by atoms with Crippen molar-refractivity contribution >= 4 is 35.6 Å². The predicted molar refractivity (Wildman–Crippen MR) is 214 cm³/mol. The first-order valence-corrected chi connectivity index (χ1v) is 19.2. The van der Waals surface area contributed by atoms with Gasteiger partial charge in [0.15, 0.2) is 0 Å². The third kappa shape index (κ3) is 9.17. The van der Waals surface area contributed by atoms with Crippen LogP contribution in [0.2, 0.25) is 0 Å². The summed E-state index contributed by atoms with van der Waals surface area (Å²) in [6.45, 7) is 3.85. The van der Waals surface area contributed by atoms with Crippen LogP contribution in [0.3, 0.4) is 0 Å². The summed E-state index contributed by atoms with van der Waals surface area (Å²) in [6, 6.07) is 28.7.